The second kappa shape index (κ2) is 10.4. The average molecular weight is 380 g/mol. The molecule has 0 aliphatic carbocycles. The van der Waals surface area contributed by atoms with Crippen molar-refractivity contribution in [3.05, 3.63) is 28.8 Å². The number of likely N-dealkylation sites (N-methyl/N-ethyl adjacent to an activating group) is 1. The van der Waals surface area contributed by atoms with Gasteiger partial charge in [-0.3, -0.25) is 14.7 Å². The predicted octanol–water partition coefficient (Wildman–Crippen LogP) is 2.63. The quantitative estimate of drug-likeness (QED) is 0.503. The Morgan fingerprint density at radius 1 is 1.38 bits per heavy atom. The number of nitrogens with one attached hydrogen (secondary N) is 3. The van der Waals surface area contributed by atoms with E-state index in [1.165, 1.54) is 19.4 Å². The van der Waals surface area contributed by atoms with Crippen LogP contribution >= 0.6 is 11.6 Å². The van der Waals surface area contributed by atoms with Gasteiger partial charge in [0.15, 0.2) is 5.96 Å². The third kappa shape index (κ3) is 6.18. The number of aliphatic imine (C=N–C) groups is 1. The van der Waals surface area contributed by atoms with Gasteiger partial charge in [0.25, 0.3) is 0 Å². The molecule has 1 fully saturated rings. The highest BCUT2D eigenvalue weighted by atomic mass is 35.5. The topological polar surface area (TPSA) is 68.8 Å². The number of aryl methyl sites for hydroxylation is 1. The lowest BCUT2D eigenvalue weighted by Crippen LogP contribution is -2.45. The van der Waals surface area contributed by atoms with E-state index in [2.05, 4.69) is 32.8 Å². The minimum absolute atomic E-state index is 0.0772. The van der Waals surface area contributed by atoms with Crippen molar-refractivity contribution < 1.29 is 4.79 Å². The van der Waals surface area contributed by atoms with Crippen molar-refractivity contribution in [2.24, 2.45) is 4.99 Å². The Kier molecular flexibility index (Phi) is 8.19. The number of guanidine groups is 1. The maximum absolute atomic E-state index is 12.1. The molecule has 6 nitrogen and oxygen atoms in total. The molecule has 7 heteroatoms. The molecule has 1 aliphatic heterocycles. The molecule has 1 aromatic rings. The van der Waals surface area contributed by atoms with Crippen LogP contribution in [-0.4, -0.2) is 56.0 Å². The summed E-state index contributed by atoms with van der Waals surface area (Å²) in [6, 6.07) is 6.15. The summed E-state index contributed by atoms with van der Waals surface area (Å²) in [6.45, 7) is 7.81. The Morgan fingerprint density at radius 2 is 2.19 bits per heavy atom. The Bertz CT molecular complexity index is 634. The lowest BCUT2D eigenvalue weighted by molar-refractivity contribution is -0.116. The zero-order valence-corrected chi connectivity index (χ0v) is 16.7. The summed E-state index contributed by atoms with van der Waals surface area (Å²) in [6.07, 6.45) is 2.82. The Hall–Kier alpha value is -1.79. The van der Waals surface area contributed by atoms with E-state index in [1.807, 2.05) is 25.1 Å². The van der Waals surface area contributed by atoms with E-state index in [1.54, 1.807) is 7.05 Å². The molecule has 0 bridgehead atoms. The van der Waals surface area contributed by atoms with Crippen LogP contribution in [0.4, 0.5) is 5.69 Å². The van der Waals surface area contributed by atoms with Crippen molar-refractivity contribution in [2.75, 3.05) is 38.5 Å². The van der Waals surface area contributed by atoms with E-state index in [-0.39, 0.29) is 5.91 Å². The van der Waals surface area contributed by atoms with Crippen molar-refractivity contribution in [1.29, 1.82) is 0 Å². The van der Waals surface area contributed by atoms with Gasteiger partial charge in [-0.2, -0.15) is 0 Å². The Balaban J connectivity index is 1.70. The van der Waals surface area contributed by atoms with E-state index < -0.39 is 0 Å². The minimum atomic E-state index is -0.0772. The molecule has 26 heavy (non-hydrogen) atoms. The van der Waals surface area contributed by atoms with Gasteiger partial charge in [0.1, 0.15) is 0 Å². The third-order valence-electron chi connectivity index (χ3n) is 4.68. The number of nitrogens with zero attached hydrogens (tertiary/aromatic N) is 2. The third-order valence-corrected chi connectivity index (χ3v) is 4.99. The van der Waals surface area contributed by atoms with Gasteiger partial charge in [-0.05, 0) is 50.6 Å². The summed E-state index contributed by atoms with van der Waals surface area (Å²) in [5.74, 6) is 0.653. The first kappa shape index (κ1) is 20.5. The summed E-state index contributed by atoms with van der Waals surface area (Å²) in [4.78, 5) is 18.8. The Labute approximate surface area is 161 Å². The van der Waals surface area contributed by atoms with Gasteiger partial charge < -0.3 is 16.0 Å². The first-order chi connectivity index (χ1) is 12.5. The van der Waals surface area contributed by atoms with Crippen molar-refractivity contribution in [3.8, 4) is 0 Å². The molecule has 0 saturated carbocycles. The highest BCUT2D eigenvalue weighted by Gasteiger charge is 2.22. The summed E-state index contributed by atoms with van der Waals surface area (Å²) in [5, 5.41) is 9.95. The number of anilines is 1. The van der Waals surface area contributed by atoms with Crippen molar-refractivity contribution in [2.45, 2.75) is 39.2 Å². The van der Waals surface area contributed by atoms with Crippen molar-refractivity contribution >= 4 is 29.2 Å². The number of halogens is 1. The number of carbonyl (C=O) groups is 1. The van der Waals surface area contributed by atoms with E-state index in [0.29, 0.717) is 29.7 Å². The van der Waals surface area contributed by atoms with E-state index in [9.17, 15) is 4.79 Å². The van der Waals surface area contributed by atoms with Crippen LogP contribution in [0, 0.1) is 6.92 Å². The number of rotatable bonds is 7. The molecule has 1 heterocycles. The van der Waals surface area contributed by atoms with Crippen LogP contribution in [0.5, 0.6) is 0 Å². The van der Waals surface area contributed by atoms with Gasteiger partial charge in [-0.25, -0.2) is 0 Å². The molecule has 1 atom stereocenters. The number of hydrogen-bond acceptors (Lipinski definition) is 3. The van der Waals surface area contributed by atoms with Crippen LogP contribution in [0.1, 0.15) is 31.7 Å². The van der Waals surface area contributed by atoms with Crippen LogP contribution in [0.15, 0.2) is 23.2 Å². The van der Waals surface area contributed by atoms with Gasteiger partial charge >= 0.3 is 0 Å². The molecule has 1 aromatic carbocycles. The summed E-state index contributed by atoms with van der Waals surface area (Å²) in [5.41, 5.74) is 1.71. The standard InChI is InChI=1S/C19H30ClN5O/c1-4-25-11-5-6-15(25)13-23-19(21-3)22-10-9-18(26)24-17-8-7-14(2)12-16(17)20/h7-8,12,15H,4-6,9-11,13H2,1-3H3,(H,24,26)(H2,21,22,23). The smallest absolute Gasteiger partial charge is 0.226 e. The van der Waals surface area contributed by atoms with E-state index in [4.69, 9.17) is 11.6 Å². The highest BCUT2D eigenvalue weighted by Crippen LogP contribution is 2.22. The molecule has 0 aromatic heterocycles. The molecule has 1 saturated heterocycles. The molecule has 1 amide bonds. The van der Waals surface area contributed by atoms with Crippen LogP contribution < -0.4 is 16.0 Å². The summed E-state index contributed by atoms with van der Waals surface area (Å²) in [7, 11) is 1.74. The number of hydrogen-bond donors (Lipinski definition) is 3. The number of amides is 1. The maximum atomic E-state index is 12.1. The van der Waals surface area contributed by atoms with Gasteiger partial charge in [0, 0.05) is 32.6 Å². The largest absolute Gasteiger partial charge is 0.356 e. The molecule has 2 rings (SSSR count). The van der Waals surface area contributed by atoms with Crippen LogP contribution in [0.2, 0.25) is 5.02 Å². The zero-order chi connectivity index (χ0) is 18.9. The van der Waals surface area contributed by atoms with Crippen LogP contribution in [0.3, 0.4) is 0 Å². The number of carbonyl (C=O) groups excluding carboxylic acids is 1. The number of likely N-dealkylation sites (tertiary alicyclic amines) is 1. The monoisotopic (exact) mass is 379 g/mol. The minimum Gasteiger partial charge on any atom is -0.356 e. The lowest BCUT2D eigenvalue weighted by Gasteiger charge is -2.23. The normalized spacial score (nSPS) is 18.0. The molecule has 3 N–H and O–H groups in total. The van der Waals surface area contributed by atoms with Gasteiger partial charge in [0.05, 0.1) is 10.7 Å². The van der Waals surface area contributed by atoms with Gasteiger partial charge in [-0.1, -0.05) is 24.6 Å². The second-order valence-corrected chi connectivity index (χ2v) is 6.99. The molecule has 1 aliphatic rings. The van der Waals surface area contributed by atoms with Crippen molar-refractivity contribution in [3.63, 3.8) is 0 Å². The molecular formula is C19H30ClN5O. The SMILES string of the molecule is CCN1CCCC1CNC(=NC)NCCC(=O)Nc1ccc(C)cc1Cl. The molecule has 1 unspecified atom stereocenters. The second-order valence-electron chi connectivity index (χ2n) is 6.59. The highest BCUT2D eigenvalue weighted by molar-refractivity contribution is 6.33. The molecular weight excluding hydrogens is 350 g/mol. The average Bonchev–Trinajstić information content (AvgIpc) is 3.08. The molecule has 0 radical (unpaired) electrons. The Morgan fingerprint density at radius 3 is 2.88 bits per heavy atom. The number of benzene rings is 1. The van der Waals surface area contributed by atoms with Crippen molar-refractivity contribution in [1.82, 2.24) is 15.5 Å². The fourth-order valence-corrected chi connectivity index (χ4v) is 3.49. The first-order valence-corrected chi connectivity index (χ1v) is 9.65. The summed E-state index contributed by atoms with van der Waals surface area (Å²) < 4.78 is 0. The van der Waals surface area contributed by atoms with E-state index >= 15 is 0 Å². The van der Waals surface area contributed by atoms with Crippen LogP contribution in [-0.2, 0) is 4.79 Å². The lowest BCUT2D eigenvalue weighted by atomic mass is 10.2. The fraction of sp³-hybridized carbons (Fsp3) is 0.579. The van der Waals surface area contributed by atoms with E-state index in [0.717, 1.165) is 24.6 Å². The maximum Gasteiger partial charge on any atom is 0.226 e. The molecule has 0 spiro atoms. The fourth-order valence-electron chi connectivity index (χ4n) is 3.21. The van der Waals surface area contributed by atoms with Gasteiger partial charge in [-0.15, -0.1) is 0 Å². The van der Waals surface area contributed by atoms with Crippen LogP contribution in [0.25, 0.3) is 0 Å². The predicted molar refractivity (Wildman–Crippen MR) is 109 cm³/mol. The summed E-state index contributed by atoms with van der Waals surface area (Å²) >= 11 is 6.14. The van der Waals surface area contributed by atoms with Gasteiger partial charge in [0.2, 0.25) is 5.91 Å². The zero-order valence-electron chi connectivity index (χ0n) is 15.9. The molecule has 144 valence electrons. The first-order valence-electron chi connectivity index (χ1n) is 9.28.